The second-order valence-electron chi connectivity index (χ2n) is 8.58. The molecule has 3 aliphatic rings. The molecule has 0 aromatic heterocycles. The van der Waals surface area contributed by atoms with Crippen molar-refractivity contribution >= 4 is 0 Å². The molecule has 0 bridgehead atoms. The first-order chi connectivity index (χ1) is 13.5. The maximum Gasteiger partial charge on any atom is 0.251 e. The van der Waals surface area contributed by atoms with Crippen molar-refractivity contribution in [3.05, 3.63) is 0 Å². The van der Waals surface area contributed by atoms with Crippen molar-refractivity contribution in [3.63, 3.8) is 0 Å². The van der Waals surface area contributed by atoms with Gasteiger partial charge in [0.2, 0.25) is 0 Å². The fraction of sp³-hybridized carbons (Fsp3) is 0.917. The summed E-state index contributed by atoms with van der Waals surface area (Å²) in [5.41, 5.74) is 0. The number of ether oxygens (including phenoxy) is 1. The monoisotopic (exact) mass is 414 g/mol. The Kier molecular flexibility index (Phi) is 12.3. The average Bonchev–Trinajstić information content (AvgIpc) is 2.68. The Morgan fingerprint density at radius 3 is 2.10 bits per heavy atom. The third-order valence-corrected chi connectivity index (χ3v) is 6.26. The summed E-state index contributed by atoms with van der Waals surface area (Å²) in [4.78, 5) is 5.05. The second kappa shape index (κ2) is 13.6. The van der Waals surface area contributed by atoms with Gasteiger partial charge in [-0.2, -0.15) is 0 Å². The summed E-state index contributed by atoms with van der Waals surface area (Å²) in [6.45, 7) is 11.5. The fourth-order valence-electron chi connectivity index (χ4n) is 4.22. The topological polar surface area (TPSA) is 15.7 Å². The maximum atomic E-state index is 12.4. The first-order valence-corrected chi connectivity index (χ1v) is 11.3. The molecule has 29 heavy (non-hydrogen) atoms. The molecular formula is C24H44F2N2O. The molecule has 2 saturated heterocycles. The van der Waals surface area contributed by atoms with Gasteiger partial charge in [0, 0.05) is 25.6 Å². The van der Waals surface area contributed by atoms with E-state index in [4.69, 9.17) is 4.74 Å². The molecule has 0 amide bonds. The van der Waals surface area contributed by atoms with E-state index >= 15 is 0 Å². The van der Waals surface area contributed by atoms with Gasteiger partial charge in [-0.05, 0) is 71.5 Å². The van der Waals surface area contributed by atoms with Crippen molar-refractivity contribution in [2.45, 2.75) is 85.4 Å². The quantitative estimate of drug-likeness (QED) is 0.578. The van der Waals surface area contributed by atoms with Crippen LogP contribution in [0.15, 0.2) is 0 Å². The number of rotatable bonds is 5. The third kappa shape index (κ3) is 8.90. The molecule has 0 spiro atoms. The number of likely N-dealkylation sites (tertiary alicyclic amines) is 2. The standard InChI is InChI=1S/C21H34F2N2O.C2H6.CH4/c1-16(21(22)23)3-4-18-13-20(14-18)26-19-7-11-25(12-8-19)15-17-5-9-24(2)10-6-17;1-2;/h16-21H,5-15H2,1-2H3;1-2H3;1H4. The highest BCUT2D eigenvalue weighted by Gasteiger charge is 2.32. The van der Waals surface area contributed by atoms with Crippen molar-refractivity contribution in [1.29, 1.82) is 0 Å². The molecule has 1 unspecified atom stereocenters. The van der Waals surface area contributed by atoms with Gasteiger partial charge in [-0.15, -0.1) is 0 Å². The summed E-state index contributed by atoms with van der Waals surface area (Å²) in [7, 11) is 2.22. The van der Waals surface area contributed by atoms with Gasteiger partial charge in [-0.3, -0.25) is 0 Å². The van der Waals surface area contributed by atoms with Crippen molar-refractivity contribution in [3.8, 4) is 11.8 Å². The molecule has 3 rings (SSSR count). The summed E-state index contributed by atoms with van der Waals surface area (Å²) >= 11 is 0. The largest absolute Gasteiger partial charge is 0.375 e. The van der Waals surface area contributed by atoms with E-state index in [0.29, 0.717) is 12.2 Å². The average molecular weight is 415 g/mol. The molecule has 5 heteroatoms. The summed E-state index contributed by atoms with van der Waals surface area (Å²) in [6, 6.07) is 0. The summed E-state index contributed by atoms with van der Waals surface area (Å²) < 4.78 is 31.1. The van der Waals surface area contributed by atoms with Crippen molar-refractivity contribution < 1.29 is 13.5 Å². The van der Waals surface area contributed by atoms with Gasteiger partial charge >= 0.3 is 0 Å². The summed E-state index contributed by atoms with van der Waals surface area (Å²) in [5, 5.41) is 0. The molecule has 170 valence electrons. The number of nitrogens with zero attached hydrogens (tertiary/aromatic N) is 2. The van der Waals surface area contributed by atoms with E-state index < -0.39 is 12.3 Å². The second-order valence-corrected chi connectivity index (χ2v) is 8.58. The molecular weight excluding hydrogens is 370 g/mol. The van der Waals surface area contributed by atoms with Crippen molar-refractivity contribution in [2.75, 3.05) is 39.8 Å². The molecule has 3 fully saturated rings. The summed E-state index contributed by atoms with van der Waals surface area (Å²) in [6.07, 6.45) is 5.09. The summed E-state index contributed by atoms with van der Waals surface area (Å²) in [5.74, 6) is 6.00. The van der Waals surface area contributed by atoms with Crippen LogP contribution in [0, 0.1) is 29.6 Å². The van der Waals surface area contributed by atoms with Gasteiger partial charge in [0.05, 0.1) is 18.1 Å². The number of alkyl halides is 2. The molecule has 0 aromatic rings. The van der Waals surface area contributed by atoms with E-state index in [1.165, 1.54) is 39.4 Å². The molecule has 1 atom stereocenters. The Labute approximate surface area is 178 Å². The van der Waals surface area contributed by atoms with Gasteiger partial charge in [0.15, 0.2) is 0 Å². The third-order valence-electron chi connectivity index (χ3n) is 6.26. The Bertz CT molecular complexity index is 483. The van der Waals surface area contributed by atoms with Gasteiger partial charge in [0.25, 0.3) is 6.43 Å². The molecule has 1 aliphatic carbocycles. The number of hydrogen-bond acceptors (Lipinski definition) is 3. The number of piperidine rings is 2. The van der Waals surface area contributed by atoms with Gasteiger partial charge in [-0.25, -0.2) is 8.78 Å². The first kappa shape index (κ1) is 26.3. The lowest BCUT2D eigenvalue weighted by molar-refractivity contribution is -0.0858. The Balaban J connectivity index is 0.00000136. The molecule has 3 nitrogen and oxygen atoms in total. The number of hydrogen-bond donors (Lipinski definition) is 0. The van der Waals surface area contributed by atoms with Gasteiger partial charge in [-0.1, -0.05) is 33.1 Å². The molecule has 0 aromatic carbocycles. The van der Waals surface area contributed by atoms with E-state index in [1.54, 1.807) is 0 Å². The van der Waals surface area contributed by atoms with E-state index in [9.17, 15) is 8.78 Å². The lowest BCUT2D eigenvalue weighted by Gasteiger charge is -2.40. The van der Waals surface area contributed by atoms with Crippen LogP contribution in [-0.2, 0) is 4.74 Å². The predicted octanol–water partition coefficient (Wildman–Crippen LogP) is 5.15. The highest BCUT2D eigenvalue weighted by molar-refractivity contribution is 5.11. The molecule has 0 radical (unpaired) electrons. The van der Waals surface area contributed by atoms with E-state index in [1.807, 2.05) is 13.8 Å². The van der Waals surface area contributed by atoms with Crippen LogP contribution in [0.5, 0.6) is 0 Å². The smallest absolute Gasteiger partial charge is 0.251 e. The molecule has 1 saturated carbocycles. The first-order valence-electron chi connectivity index (χ1n) is 11.3. The van der Waals surface area contributed by atoms with Crippen LogP contribution in [0.25, 0.3) is 0 Å². The normalized spacial score (nSPS) is 27.7. The predicted molar refractivity (Wildman–Crippen MR) is 118 cm³/mol. The molecule has 0 N–H and O–H groups in total. The van der Waals surface area contributed by atoms with Crippen LogP contribution < -0.4 is 0 Å². The van der Waals surface area contributed by atoms with Crippen molar-refractivity contribution in [1.82, 2.24) is 9.80 Å². The Hall–Kier alpha value is -0.700. The molecule has 2 aliphatic heterocycles. The number of halogens is 2. The van der Waals surface area contributed by atoms with Gasteiger partial charge < -0.3 is 14.5 Å². The highest BCUT2D eigenvalue weighted by atomic mass is 19.3. The van der Waals surface area contributed by atoms with Gasteiger partial charge in [0.1, 0.15) is 0 Å². The van der Waals surface area contributed by atoms with Crippen LogP contribution in [0.4, 0.5) is 8.78 Å². The van der Waals surface area contributed by atoms with Crippen LogP contribution in [0.1, 0.15) is 66.7 Å². The lowest BCUT2D eigenvalue weighted by Crippen LogP contribution is -2.44. The van der Waals surface area contributed by atoms with Crippen LogP contribution >= 0.6 is 0 Å². The van der Waals surface area contributed by atoms with Crippen LogP contribution in [0.3, 0.4) is 0 Å². The minimum Gasteiger partial charge on any atom is -0.375 e. The SMILES string of the molecule is C.CC.CC(C#CC1CC(OC2CCN(CC3CCN(C)CC3)CC2)C1)C(F)F. The zero-order valence-electron chi connectivity index (χ0n) is 18.3. The molecule has 2 heterocycles. The highest BCUT2D eigenvalue weighted by Crippen LogP contribution is 2.32. The Morgan fingerprint density at radius 2 is 1.55 bits per heavy atom. The van der Waals surface area contributed by atoms with E-state index in [2.05, 4.69) is 28.7 Å². The minimum absolute atomic E-state index is 0. The Morgan fingerprint density at radius 1 is 0.966 bits per heavy atom. The zero-order valence-corrected chi connectivity index (χ0v) is 18.3. The zero-order chi connectivity index (χ0) is 20.5. The lowest BCUT2D eigenvalue weighted by atomic mass is 9.82. The minimum atomic E-state index is -2.34. The van der Waals surface area contributed by atoms with E-state index in [-0.39, 0.29) is 13.3 Å². The van der Waals surface area contributed by atoms with Crippen LogP contribution in [0.2, 0.25) is 0 Å². The maximum absolute atomic E-state index is 12.4. The van der Waals surface area contributed by atoms with Crippen molar-refractivity contribution in [2.24, 2.45) is 17.8 Å². The van der Waals surface area contributed by atoms with Crippen LogP contribution in [-0.4, -0.2) is 68.2 Å². The van der Waals surface area contributed by atoms with E-state index in [0.717, 1.165) is 44.7 Å². The fourth-order valence-corrected chi connectivity index (χ4v) is 4.22.